The number of carbonyl (C=O) groups excluding carboxylic acids is 2. The first kappa shape index (κ1) is 23.9. The number of aliphatic hydroxyl groups excluding tert-OH is 1. The van der Waals surface area contributed by atoms with Gasteiger partial charge in [-0.25, -0.2) is 0 Å². The molecular formula is C24H40O5. The smallest absolute Gasteiger partial charge is 0.317 e. The molecule has 29 heavy (non-hydrogen) atoms. The van der Waals surface area contributed by atoms with Gasteiger partial charge in [-0.1, -0.05) is 40.2 Å². The van der Waals surface area contributed by atoms with Crippen LogP contribution < -0.4 is 0 Å². The summed E-state index contributed by atoms with van der Waals surface area (Å²) in [6.07, 6.45) is 9.57. The summed E-state index contributed by atoms with van der Waals surface area (Å²) in [7, 11) is 1.27. The zero-order valence-electron chi connectivity index (χ0n) is 19.0. The summed E-state index contributed by atoms with van der Waals surface area (Å²) in [6, 6.07) is 0. The second kappa shape index (κ2) is 10.1. The van der Waals surface area contributed by atoms with Gasteiger partial charge in [0.1, 0.15) is 13.0 Å². The van der Waals surface area contributed by atoms with E-state index in [1.165, 1.54) is 31.9 Å². The van der Waals surface area contributed by atoms with Gasteiger partial charge in [-0.3, -0.25) is 9.59 Å². The number of hydrogen-bond donors (Lipinski definition) is 1. The molecule has 5 atom stereocenters. The van der Waals surface area contributed by atoms with E-state index in [1.54, 1.807) is 0 Å². The molecule has 0 heterocycles. The molecule has 0 amide bonds. The standard InChI is InChI=1S/C24H40O5/c1-17(11-14-25)9-12-23(3)18(2)10-13-24(4)19(7-6-8-20(23)24)16-29-22(27)15-21(26)28-5/h7,17-18,20,25H,6,8-16H2,1-5H3. The first-order valence-corrected chi connectivity index (χ1v) is 11.2. The fourth-order valence-corrected chi connectivity index (χ4v) is 5.75. The summed E-state index contributed by atoms with van der Waals surface area (Å²) >= 11 is 0. The van der Waals surface area contributed by atoms with Crippen LogP contribution in [0.5, 0.6) is 0 Å². The van der Waals surface area contributed by atoms with E-state index in [9.17, 15) is 14.7 Å². The van der Waals surface area contributed by atoms with Gasteiger partial charge in [-0.2, -0.15) is 0 Å². The summed E-state index contributed by atoms with van der Waals surface area (Å²) in [4.78, 5) is 23.3. The maximum absolute atomic E-state index is 12.0. The monoisotopic (exact) mass is 408 g/mol. The van der Waals surface area contributed by atoms with Crippen LogP contribution in [-0.4, -0.2) is 37.4 Å². The van der Waals surface area contributed by atoms with Crippen molar-refractivity contribution in [2.24, 2.45) is 28.6 Å². The molecule has 1 saturated carbocycles. The number of carbonyl (C=O) groups is 2. The number of esters is 2. The highest BCUT2D eigenvalue weighted by Gasteiger charge is 2.53. The van der Waals surface area contributed by atoms with E-state index in [4.69, 9.17) is 4.74 Å². The third-order valence-corrected chi connectivity index (χ3v) is 8.07. The second-order valence-electron chi connectivity index (χ2n) is 9.79. The van der Waals surface area contributed by atoms with Crippen LogP contribution >= 0.6 is 0 Å². The number of fused-ring (bicyclic) bond motifs is 1. The molecule has 0 spiro atoms. The van der Waals surface area contributed by atoms with Gasteiger partial charge in [0.05, 0.1) is 7.11 Å². The van der Waals surface area contributed by atoms with Crippen molar-refractivity contribution in [2.45, 2.75) is 79.1 Å². The Balaban J connectivity index is 2.11. The van der Waals surface area contributed by atoms with Crippen molar-refractivity contribution in [1.29, 1.82) is 0 Å². The minimum Gasteiger partial charge on any atom is -0.469 e. The molecule has 2 rings (SSSR count). The summed E-state index contributed by atoms with van der Waals surface area (Å²) in [5.41, 5.74) is 1.49. The Kier molecular flexibility index (Phi) is 8.33. The van der Waals surface area contributed by atoms with E-state index in [0.29, 0.717) is 17.8 Å². The van der Waals surface area contributed by atoms with Crippen LogP contribution in [0.1, 0.15) is 79.1 Å². The van der Waals surface area contributed by atoms with Gasteiger partial charge in [0.15, 0.2) is 0 Å². The molecule has 0 bridgehead atoms. The molecule has 1 fully saturated rings. The molecule has 5 heteroatoms. The van der Waals surface area contributed by atoms with Crippen LogP contribution in [0.4, 0.5) is 0 Å². The predicted octanol–water partition coefficient (Wildman–Crippen LogP) is 4.67. The van der Waals surface area contributed by atoms with Crippen molar-refractivity contribution in [3.05, 3.63) is 11.6 Å². The van der Waals surface area contributed by atoms with Gasteiger partial charge in [-0.05, 0) is 72.7 Å². The summed E-state index contributed by atoms with van der Waals surface area (Å²) in [5, 5.41) is 9.25. The third-order valence-electron chi connectivity index (χ3n) is 8.07. The number of hydrogen-bond acceptors (Lipinski definition) is 5. The second-order valence-corrected chi connectivity index (χ2v) is 9.79. The summed E-state index contributed by atoms with van der Waals surface area (Å²) < 4.78 is 10.0. The van der Waals surface area contributed by atoms with Crippen LogP contribution in [0, 0.1) is 28.6 Å². The number of rotatable bonds is 9. The Hall–Kier alpha value is -1.36. The molecule has 0 aromatic rings. The molecule has 0 aromatic carbocycles. The van der Waals surface area contributed by atoms with Gasteiger partial charge in [0.25, 0.3) is 0 Å². The van der Waals surface area contributed by atoms with Gasteiger partial charge < -0.3 is 14.6 Å². The van der Waals surface area contributed by atoms with Gasteiger partial charge in [-0.15, -0.1) is 0 Å². The molecule has 2 aliphatic rings. The van der Waals surface area contributed by atoms with E-state index < -0.39 is 11.9 Å². The van der Waals surface area contributed by atoms with Crippen molar-refractivity contribution >= 4 is 11.9 Å². The van der Waals surface area contributed by atoms with Crippen molar-refractivity contribution in [1.82, 2.24) is 0 Å². The first-order valence-electron chi connectivity index (χ1n) is 11.2. The highest BCUT2D eigenvalue weighted by atomic mass is 16.5. The highest BCUT2D eigenvalue weighted by molar-refractivity contribution is 5.91. The summed E-state index contributed by atoms with van der Waals surface area (Å²) in [6.45, 7) is 9.96. The number of allylic oxidation sites excluding steroid dienone is 1. The first-order chi connectivity index (χ1) is 13.7. The summed E-state index contributed by atoms with van der Waals surface area (Å²) in [5.74, 6) is 0.665. The quantitative estimate of drug-likeness (QED) is 0.341. The zero-order valence-corrected chi connectivity index (χ0v) is 19.0. The van der Waals surface area contributed by atoms with E-state index in [1.807, 2.05) is 0 Å². The number of aliphatic hydroxyl groups is 1. The molecule has 166 valence electrons. The van der Waals surface area contributed by atoms with Crippen molar-refractivity contribution in [2.75, 3.05) is 20.3 Å². The van der Waals surface area contributed by atoms with Gasteiger partial charge in [0, 0.05) is 6.61 Å². The lowest BCUT2D eigenvalue weighted by Crippen LogP contribution is -2.50. The van der Waals surface area contributed by atoms with E-state index in [0.717, 1.165) is 25.7 Å². The molecular weight excluding hydrogens is 368 g/mol. The Morgan fingerprint density at radius 2 is 1.97 bits per heavy atom. The minimum atomic E-state index is -0.562. The fourth-order valence-electron chi connectivity index (χ4n) is 5.75. The lowest BCUT2D eigenvalue weighted by molar-refractivity contribution is -0.152. The molecule has 2 aliphatic carbocycles. The van der Waals surface area contributed by atoms with E-state index >= 15 is 0 Å². The van der Waals surface area contributed by atoms with Crippen LogP contribution in [0.15, 0.2) is 11.6 Å². The van der Waals surface area contributed by atoms with E-state index in [-0.39, 0.29) is 30.5 Å². The lowest BCUT2D eigenvalue weighted by atomic mass is 9.46. The topological polar surface area (TPSA) is 72.8 Å². The van der Waals surface area contributed by atoms with Crippen LogP contribution in [0.3, 0.4) is 0 Å². The average Bonchev–Trinajstić information content (AvgIpc) is 2.68. The Labute approximate surface area is 176 Å². The van der Waals surface area contributed by atoms with Crippen molar-refractivity contribution < 1.29 is 24.2 Å². The SMILES string of the molecule is COC(=O)CC(=O)OCC1=CCCC2C1(C)CCC(C)C2(C)CCC(C)CCO. The van der Waals surface area contributed by atoms with E-state index in [2.05, 4.69) is 38.5 Å². The molecule has 0 saturated heterocycles. The molecule has 1 N–H and O–H groups in total. The Morgan fingerprint density at radius 3 is 2.62 bits per heavy atom. The Morgan fingerprint density at radius 1 is 1.24 bits per heavy atom. The fraction of sp³-hybridized carbons (Fsp3) is 0.833. The zero-order chi connectivity index (χ0) is 21.7. The maximum atomic E-state index is 12.0. The van der Waals surface area contributed by atoms with Crippen molar-refractivity contribution in [3.8, 4) is 0 Å². The average molecular weight is 409 g/mol. The van der Waals surface area contributed by atoms with Crippen LogP contribution in [0.2, 0.25) is 0 Å². The number of ether oxygens (including phenoxy) is 2. The third kappa shape index (κ3) is 5.42. The van der Waals surface area contributed by atoms with Crippen LogP contribution in [-0.2, 0) is 19.1 Å². The molecule has 0 aromatic heterocycles. The largest absolute Gasteiger partial charge is 0.469 e. The maximum Gasteiger partial charge on any atom is 0.317 e. The highest BCUT2D eigenvalue weighted by Crippen LogP contribution is 2.62. The molecule has 0 radical (unpaired) electrons. The van der Waals surface area contributed by atoms with Crippen molar-refractivity contribution in [3.63, 3.8) is 0 Å². The molecule has 5 nitrogen and oxygen atoms in total. The predicted molar refractivity (Wildman–Crippen MR) is 113 cm³/mol. The minimum absolute atomic E-state index is 0.0330. The number of methoxy groups -OCH3 is 1. The Bertz CT molecular complexity index is 612. The van der Waals surface area contributed by atoms with Gasteiger partial charge in [0.2, 0.25) is 0 Å². The van der Waals surface area contributed by atoms with Crippen LogP contribution in [0.25, 0.3) is 0 Å². The normalized spacial score (nSPS) is 32.7. The lowest BCUT2D eigenvalue weighted by Gasteiger charge is -2.58. The molecule has 5 unspecified atom stereocenters. The van der Waals surface area contributed by atoms with Gasteiger partial charge >= 0.3 is 11.9 Å². The molecule has 0 aliphatic heterocycles.